The van der Waals surface area contributed by atoms with Crippen molar-refractivity contribution in [2.45, 2.75) is 44.2 Å². The summed E-state index contributed by atoms with van der Waals surface area (Å²) in [5.74, 6) is 1.02. The van der Waals surface area contributed by atoms with E-state index in [0.717, 1.165) is 25.1 Å². The van der Waals surface area contributed by atoms with Crippen LogP contribution in [0.25, 0.3) is 0 Å². The van der Waals surface area contributed by atoms with E-state index in [9.17, 15) is 0 Å². The molecule has 0 amide bonds. The van der Waals surface area contributed by atoms with Crippen LogP contribution in [-0.2, 0) is 4.74 Å². The van der Waals surface area contributed by atoms with Gasteiger partial charge in [0, 0.05) is 6.00 Å². The highest BCUT2D eigenvalue weighted by molar-refractivity contribution is 7.61. The lowest BCUT2D eigenvalue weighted by Crippen LogP contribution is -2.38. The minimum Gasteiger partial charge on any atom is -0.377 e. The molecular formula is C9H17BO4P+. The minimum absolute atomic E-state index is 0.313. The first-order valence-corrected chi connectivity index (χ1v) is 6.79. The van der Waals surface area contributed by atoms with E-state index in [4.69, 9.17) is 27.3 Å². The molecule has 0 aromatic rings. The molecule has 0 bridgehead atoms. The molecular weight excluding hydrogens is 214 g/mol. The summed E-state index contributed by atoms with van der Waals surface area (Å²) in [5, 5.41) is 0. The highest BCUT2D eigenvalue weighted by Gasteiger charge is 2.35. The monoisotopic (exact) mass is 231 g/mol. The molecule has 3 N–H and O–H groups in total. The van der Waals surface area contributed by atoms with Gasteiger partial charge in [-0.2, -0.15) is 14.7 Å². The van der Waals surface area contributed by atoms with E-state index in [0.29, 0.717) is 6.42 Å². The number of hydrogen-bond acceptors (Lipinski definition) is 4. The van der Waals surface area contributed by atoms with Gasteiger partial charge in [-0.25, -0.2) is 0 Å². The van der Waals surface area contributed by atoms with Gasteiger partial charge < -0.3 is 4.74 Å². The van der Waals surface area contributed by atoms with Crippen molar-refractivity contribution in [3.05, 3.63) is 11.9 Å². The lowest BCUT2D eigenvalue weighted by atomic mass is 9.83. The Kier molecular flexibility index (Phi) is 4.33. The average molecular weight is 231 g/mol. The van der Waals surface area contributed by atoms with Gasteiger partial charge in [-0.3, -0.25) is 0 Å². The second-order valence-corrected chi connectivity index (χ2v) is 5.42. The minimum atomic E-state index is -3.86. The molecule has 0 aromatic carbocycles. The summed E-state index contributed by atoms with van der Waals surface area (Å²) in [7, 11) is 1.83. The van der Waals surface area contributed by atoms with E-state index in [1.54, 1.807) is 0 Å². The number of hydrogen-bond donors (Lipinski definition) is 3. The van der Waals surface area contributed by atoms with Crippen molar-refractivity contribution in [2.75, 3.05) is 0 Å². The molecule has 1 rings (SSSR count). The van der Waals surface area contributed by atoms with E-state index in [1.807, 2.05) is 6.92 Å². The number of rotatable bonds is 3. The summed E-state index contributed by atoms with van der Waals surface area (Å²) >= 11 is 0. The van der Waals surface area contributed by atoms with Crippen LogP contribution in [0.4, 0.5) is 0 Å². The Balaban J connectivity index is 2.72. The summed E-state index contributed by atoms with van der Waals surface area (Å²) in [6.07, 6.45) is 4.75. The topological polar surface area (TPSA) is 69.9 Å². The van der Waals surface area contributed by atoms with Crippen molar-refractivity contribution < 1.29 is 19.4 Å². The second-order valence-electron chi connectivity index (χ2n) is 3.90. The Hall–Kier alpha value is 0.0749. The third-order valence-electron chi connectivity index (χ3n) is 2.65. The molecule has 84 valence electrons. The molecule has 2 radical (unpaired) electrons. The smallest absolute Gasteiger partial charge is 0.377 e. The first-order valence-electron chi connectivity index (χ1n) is 5.08. The zero-order valence-corrected chi connectivity index (χ0v) is 9.73. The third kappa shape index (κ3) is 4.21. The molecule has 4 nitrogen and oxygen atoms in total. The molecule has 1 aliphatic rings. The van der Waals surface area contributed by atoms with E-state index in [1.165, 1.54) is 6.08 Å². The van der Waals surface area contributed by atoms with Gasteiger partial charge in [0.15, 0.2) is 0 Å². The van der Waals surface area contributed by atoms with Crippen LogP contribution < -0.4 is 0 Å². The summed E-state index contributed by atoms with van der Waals surface area (Å²) < 4.78 is 5.59. The molecule has 15 heavy (non-hydrogen) atoms. The first-order chi connectivity index (χ1) is 6.87. The Labute approximate surface area is 92.0 Å². The van der Waals surface area contributed by atoms with Gasteiger partial charge in [0.05, 0.1) is 5.60 Å². The van der Waals surface area contributed by atoms with Crippen LogP contribution in [0.3, 0.4) is 0 Å². The van der Waals surface area contributed by atoms with Gasteiger partial charge in [0.25, 0.3) is 0 Å². The lowest BCUT2D eigenvalue weighted by molar-refractivity contribution is -0.0659. The highest BCUT2D eigenvalue weighted by atomic mass is 31.2. The van der Waals surface area contributed by atoms with Crippen molar-refractivity contribution in [1.82, 2.24) is 0 Å². The molecule has 0 aromatic heterocycles. The van der Waals surface area contributed by atoms with Crippen LogP contribution in [0, 0.1) is 0 Å². The summed E-state index contributed by atoms with van der Waals surface area (Å²) in [5.41, 5.74) is -0.558. The zero-order chi connectivity index (χ0) is 11.5. The second kappa shape index (κ2) is 4.94. The third-order valence-corrected chi connectivity index (χ3v) is 3.20. The van der Waals surface area contributed by atoms with Crippen LogP contribution in [-0.4, -0.2) is 34.1 Å². The van der Waals surface area contributed by atoms with Crippen molar-refractivity contribution in [3.8, 4) is 0 Å². The van der Waals surface area contributed by atoms with Gasteiger partial charge in [-0.15, -0.1) is 0 Å². The van der Waals surface area contributed by atoms with Gasteiger partial charge in [-0.1, -0.05) is 6.92 Å². The molecule has 0 aliphatic carbocycles. The van der Waals surface area contributed by atoms with Crippen LogP contribution in [0.2, 0.25) is 0 Å². The molecule has 6 heteroatoms. The van der Waals surface area contributed by atoms with E-state index < -0.39 is 13.5 Å². The lowest BCUT2D eigenvalue weighted by Gasteiger charge is -2.37. The van der Waals surface area contributed by atoms with E-state index in [2.05, 4.69) is 0 Å². The average Bonchev–Trinajstić information content (AvgIpc) is 2.14. The van der Waals surface area contributed by atoms with Crippen molar-refractivity contribution in [3.63, 3.8) is 0 Å². The van der Waals surface area contributed by atoms with Gasteiger partial charge >= 0.3 is 7.94 Å². The molecule has 2 atom stereocenters. The molecule has 1 aliphatic heterocycles. The predicted octanol–water partition coefficient (Wildman–Crippen LogP) is 1.08. The highest BCUT2D eigenvalue weighted by Crippen LogP contribution is 2.47. The molecule has 0 saturated carbocycles. The van der Waals surface area contributed by atoms with Crippen molar-refractivity contribution >= 4 is 15.8 Å². The Bertz CT molecular complexity index is 241. The molecule has 1 unspecified atom stereocenters. The fourth-order valence-electron chi connectivity index (χ4n) is 1.76. The van der Waals surface area contributed by atoms with E-state index >= 15 is 0 Å². The summed E-state index contributed by atoms with van der Waals surface area (Å²) in [4.78, 5) is 26.6. The van der Waals surface area contributed by atoms with Crippen molar-refractivity contribution in [1.29, 1.82) is 0 Å². The Morgan fingerprint density at radius 2 is 2.20 bits per heavy atom. The quantitative estimate of drug-likeness (QED) is 0.502. The molecule has 1 saturated heterocycles. The fourth-order valence-corrected chi connectivity index (χ4v) is 2.23. The largest absolute Gasteiger partial charge is 0.433 e. The summed E-state index contributed by atoms with van der Waals surface area (Å²) in [6.45, 7) is 1.94. The maximum absolute atomic E-state index is 8.87. The van der Waals surface area contributed by atoms with Crippen LogP contribution in [0.15, 0.2) is 11.9 Å². The molecule has 0 spiro atoms. The Morgan fingerprint density at radius 3 is 2.67 bits per heavy atom. The van der Waals surface area contributed by atoms with Crippen LogP contribution in [0.5, 0.6) is 0 Å². The predicted molar refractivity (Wildman–Crippen MR) is 60.2 cm³/mol. The Morgan fingerprint density at radius 1 is 1.53 bits per heavy atom. The SMILES string of the molecule is [B]C1CCC[C@](/C=C/[P+](O)(O)O)(CC)O1. The molecule has 1 fully saturated rings. The van der Waals surface area contributed by atoms with Gasteiger partial charge in [0.1, 0.15) is 13.7 Å². The maximum atomic E-state index is 8.87. The maximum Gasteiger partial charge on any atom is 0.433 e. The van der Waals surface area contributed by atoms with Gasteiger partial charge in [-0.05, 0) is 31.8 Å². The number of ether oxygens (including phenoxy) is 1. The summed E-state index contributed by atoms with van der Waals surface area (Å²) in [6, 6.07) is -0.313. The first kappa shape index (κ1) is 13.1. The van der Waals surface area contributed by atoms with Crippen LogP contribution in [0.1, 0.15) is 32.6 Å². The molecule has 1 heterocycles. The standard InChI is InChI=1S/C9H17BO4P/c1-2-9(6-7-15(11,12)13)5-3-4-8(10)14-9/h6-8,11-13H,2-5H2,1H3/q+1/b7-6+/t8?,9-/m0/s1. The normalized spacial score (nSPS) is 33.5. The fraction of sp³-hybridized carbons (Fsp3) is 0.778. The van der Waals surface area contributed by atoms with Gasteiger partial charge in [0.2, 0.25) is 0 Å². The van der Waals surface area contributed by atoms with Crippen LogP contribution >= 0.6 is 7.94 Å². The van der Waals surface area contributed by atoms with Crippen molar-refractivity contribution in [2.24, 2.45) is 0 Å². The van der Waals surface area contributed by atoms with E-state index in [-0.39, 0.29) is 6.00 Å². The zero-order valence-electron chi connectivity index (χ0n) is 8.83.